The first-order valence-electron chi connectivity index (χ1n) is 3.51. The third-order valence-electron chi connectivity index (χ3n) is 1.36. The number of rotatable bonds is 1. The molecule has 78 valence electrons. The molecular formula is C8H5BrClF3O. The zero-order chi connectivity index (χ0) is 10.9. The minimum Gasteiger partial charge on any atom is -0.405 e. The summed E-state index contributed by atoms with van der Waals surface area (Å²) in [6.07, 6.45) is -4.71. The molecule has 0 radical (unpaired) electrons. The average molecular weight is 289 g/mol. The molecule has 0 spiro atoms. The first-order chi connectivity index (χ1) is 6.29. The van der Waals surface area contributed by atoms with Gasteiger partial charge in [-0.3, -0.25) is 0 Å². The molecule has 0 aliphatic carbocycles. The topological polar surface area (TPSA) is 9.23 Å². The van der Waals surface area contributed by atoms with Crippen molar-refractivity contribution in [3.8, 4) is 5.75 Å². The van der Waals surface area contributed by atoms with Crippen molar-refractivity contribution in [3.63, 3.8) is 0 Å². The van der Waals surface area contributed by atoms with Crippen LogP contribution in [0.5, 0.6) is 5.75 Å². The molecule has 0 aromatic heterocycles. The molecule has 0 bridgehead atoms. The van der Waals surface area contributed by atoms with Crippen molar-refractivity contribution in [2.24, 2.45) is 0 Å². The Morgan fingerprint density at radius 2 is 1.93 bits per heavy atom. The van der Waals surface area contributed by atoms with Crippen molar-refractivity contribution in [1.29, 1.82) is 0 Å². The minimum absolute atomic E-state index is 0.0992. The zero-order valence-electron chi connectivity index (χ0n) is 6.95. The molecule has 0 fully saturated rings. The van der Waals surface area contributed by atoms with E-state index in [2.05, 4.69) is 20.7 Å². The van der Waals surface area contributed by atoms with E-state index in [1.807, 2.05) is 0 Å². The predicted molar refractivity (Wildman–Crippen MR) is 50.6 cm³/mol. The highest BCUT2D eigenvalue weighted by Gasteiger charge is 2.32. The third kappa shape index (κ3) is 3.06. The van der Waals surface area contributed by atoms with Gasteiger partial charge in [-0.25, -0.2) is 0 Å². The van der Waals surface area contributed by atoms with E-state index in [0.29, 0.717) is 5.56 Å². The van der Waals surface area contributed by atoms with Crippen LogP contribution < -0.4 is 4.74 Å². The van der Waals surface area contributed by atoms with Gasteiger partial charge in [-0.15, -0.1) is 13.2 Å². The van der Waals surface area contributed by atoms with Gasteiger partial charge in [0, 0.05) is 0 Å². The lowest BCUT2D eigenvalue weighted by atomic mass is 10.2. The molecule has 0 saturated carbocycles. The maximum Gasteiger partial charge on any atom is 0.573 e. The Bertz CT molecular complexity index is 351. The van der Waals surface area contributed by atoms with Crippen molar-refractivity contribution in [2.75, 3.05) is 0 Å². The van der Waals surface area contributed by atoms with Gasteiger partial charge in [-0.2, -0.15) is 0 Å². The molecule has 6 heteroatoms. The van der Waals surface area contributed by atoms with E-state index in [1.54, 1.807) is 6.92 Å². The van der Waals surface area contributed by atoms with Crippen molar-refractivity contribution in [3.05, 3.63) is 27.2 Å². The van der Waals surface area contributed by atoms with Crippen molar-refractivity contribution >= 4 is 27.5 Å². The molecular weight excluding hydrogens is 284 g/mol. The maximum atomic E-state index is 11.9. The minimum atomic E-state index is -4.71. The fourth-order valence-electron chi connectivity index (χ4n) is 0.892. The molecule has 0 atom stereocenters. The second kappa shape index (κ2) is 3.98. The summed E-state index contributed by atoms with van der Waals surface area (Å²) in [5.41, 5.74) is 0.595. The lowest BCUT2D eigenvalue weighted by Gasteiger charge is -2.11. The van der Waals surface area contributed by atoms with Gasteiger partial charge in [0.05, 0.1) is 9.50 Å². The summed E-state index contributed by atoms with van der Waals surface area (Å²) in [6, 6.07) is 2.79. The van der Waals surface area contributed by atoms with Gasteiger partial charge >= 0.3 is 6.36 Å². The first-order valence-corrected chi connectivity index (χ1v) is 4.68. The standard InChI is InChI=1S/C8H5BrClF3O/c1-4-2-5(10)7(9)6(3-4)14-8(11,12)13/h2-3H,1H3. The molecule has 0 unspecified atom stereocenters. The summed E-state index contributed by atoms with van der Waals surface area (Å²) in [6.45, 7) is 1.63. The van der Waals surface area contributed by atoms with Gasteiger partial charge in [0.2, 0.25) is 0 Å². The van der Waals surface area contributed by atoms with Crippen LogP contribution in [-0.4, -0.2) is 6.36 Å². The van der Waals surface area contributed by atoms with Gasteiger partial charge in [-0.1, -0.05) is 11.6 Å². The molecule has 1 aromatic carbocycles. The summed E-state index contributed by atoms with van der Waals surface area (Å²) in [5.74, 6) is -0.331. The Labute approximate surface area is 91.9 Å². The number of hydrogen-bond donors (Lipinski definition) is 0. The van der Waals surface area contributed by atoms with Crippen LogP contribution in [0.3, 0.4) is 0 Å². The summed E-state index contributed by atoms with van der Waals surface area (Å²) in [4.78, 5) is 0. The maximum absolute atomic E-state index is 11.9. The molecule has 1 nitrogen and oxygen atoms in total. The Balaban J connectivity index is 3.09. The average Bonchev–Trinajstić information content (AvgIpc) is 1.96. The van der Waals surface area contributed by atoms with Crippen LogP contribution in [0, 0.1) is 6.92 Å². The smallest absolute Gasteiger partial charge is 0.405 e. The monoisotopic (exact) mass is 288 g/mol. The number of benzene rings is 1. The van der Waals surface area contributed by atoms with Crippen LogP contribution in [0.2, 0.25) is 5.02 Å². The Morgan fingerprint density at radius 1 is 1.36 bits per heavy atom. The predicted octanol–water partition coefficient (Wildman–Crippen LogP) is 4.31. The number of alkyl halides is 3. The molecule has 0 aliphatic heterocycles. The van der Waals surface area contributed by atoms with Gasteiger partial charge in [-0.05, 0) is 40.5 Å². The molecule has 0 amide bonds. The number of ether oxygens (including phenoxy) is 1. The van der Waals surface area contributed by atoms with Crippen LogP contribution in [0.4, 0.5) is 13.2 Å². The van der Waals surface area contributed by atoms with Gasteiger partial charge in [0.15, 0.2) is 0 Å². The molecule has 0 aliphatic rings. The van der Waals surface area contributed by atoms with E-state index >= 15 is 0 Å². The number of hydrogen-bond acceptors (Lipinski definition) is 1. The number of halogens is 5. The van der Waals surface area contributed by atoms with Crippen LogP contribution in [-0.2, 0) is 0 Å². The summed E-state index contributed by atoms with van der Waals surface area (Å²) < 4.78 is 39.6. The second-order valence-corrected chi connectivity index (χ2v) is 3.81. The Morgan fingerprint density at radius 3 is 2.43 bits per heavy atom. The Kier molecular flexibility index (Phi) is 3.32. The molecule has 0 N–H and O–H groups in total. The molecule has 0 heterocycles. The summed E-state index contributed by atoms with van der Waals surface area (Å²) >= 11 is 8.56. The number of aryl methyl sites for hydroxylation is 1. The normalized spacial score (nSPS) is 11.6. The van der Waals surface area contributed by atoms with E-state index in [-0.39, 0.29) is 15.2 Å². The van der Waals surface area contributed by atoms with Crippen molar-refractivity contribution in [1.82, 2.24) is 0 Å². The van der Waals surface area contributed by atoms with E-state index in [9.17, 15) is 13.2 Å². The summed E-state index contributed by atoms with van der Waals surface area (Å²) in [5, 5.41) is 0.184. The van der Waals surface area contributed by atoms with Gasteiger partial charge in [0.1, 0.15) is 5.75 Å². The van der Waals surface area contributed by atoms with Crippen LogP contribution in [0.25, 0.3) is 0 Å². The highest BCUT2D eigenvalue weighted by Crippen LogP contribution is 2.36. The highest BCUT2D eigenvalue weighted by molar-refractivity contribution is 9.10. The quantitative estimate of drug-likeness (QED) is 0.748. The molecule has 1 aromatic rings. The molecule has 1 rings (SSSR count). The van der Waals surface area contributed by atoms with Crippen molar-refractivity contribution in [2.45, 2.75) is 13.3 Å². The van der Waals surface area contributed by atoms with E-state index in [1.165, 1.54) is 12.1 Å². The van der Waals surface area contributed by atoms with E-state index in [4.69, 9.17) is 11.6 Å². The second-order valence-electron chi connectivity index (χ2n) is 2.61. The van der Waals surface area contributed by atoms with E-state index < -0.39 is 6.36 Å². The van der Waals surface area contributed by atoms with Crippen LogP contribution >= 0.6 is 27.5 Å². The van der Waals surface area contributed by atoms with Gasteiger partial charge in [0.25, 0.3) is 0 Å². The Hall–Kier alpha value is -0.420. The summed E-state index contributed by atoms with van der Waals surface area (Å²) in [7, 11) is 0. The highest BCUT2D eigenvalue weighted by atomic mass is 79.9. The zero-order valence-corrected chi connectivity index (χ0v) is 9.29. The van der Waals surface area contributed by atoms with Crippen LogP contribution in [0.15, 0.2) is 16.6 Å². The van der Waals surface area contributed by atoms with Gasteiger partial charge < -0.3 is 4.74 Å². The fraction of sp³-hybridized carbons (Fsp3) is 0.250. The lowest BCUT2D eigenvalue weighted by molar-refractivity contribution is -0.274. The van der Waals surface area contributed by atoms with Crippen molar-refractivity contribution < 1.29 is 17.9 Å². The lowest BCUT2D eigenvalue weighted by Crippen LogP contribution is -2.17. The molecule has 14 heavy (non-hydrogen) atoms. The SMILES string of the molecule is Cc1cc(Cl)c(Br)c(OC(F)(F)F)c1. The largest absolute Gasteiger partial charge is 0.573 e. The molecule has 0 saturated heterocycles. The fourth-order valence-corrected chi connectivity index (χ4v) is 1.47. The third-order valence-corrected chi connectivity index (χ3v) is 2.71. The van der Waals surface area contributed by atoms with Crippen LogP contribution in [0.1, 0.15) is 5.56 Å². The first kappa shape index (κ1) is 11.7. The van der Waals surface area contributed by atoms with E-state index in [0.717, 1.165) is 0 Å².